The quantitative estimate of drug-likeness (QED) is 0.234. The number of hydrogen-bond acceptors (Lipinski definition) is 4. The Morgan fingerprint density at radius 3 is 2.34 bits per heavy atom. The molecule has 0 fully saturated rings. The van der Waals surface area contributed by atoms with E-state index < -0.39 is 11.7 Å². The van der Waals surface area contributed by atoms with Gasteiger partial charge in [0.25, 0.3) is 0 Å². The fourth-order valence-corrected chi connectivity index (χ4v) is 4.34. The predicted molar refractivity (Wildman–Crippen MR) is 131 cm³/mol. The third-order valence-corrected chi connectivity index (χ3v) is 6.29. The highest BCUT2D eigenvalue weighted by molar-refractivity contribution is 7.98. The largest absolute Gasteiger partial charge is 0.443 e. The summed E-state index contributed by atoms with van der Waals surface area (Å²) in [6, 6.07) is 21.2. The van der Waals surface area contributed by atoms with Gasteiger partial charge < -0.3 is 4.42 Å². The number of hydrogen-bond donors (Lipinski definition) is 0. The van der Waals surface area contributed by atoms with Crippen molar-refractivity contribution in [3.05, 3.63) is 96.5 Å². The number of nitrogens with zero attached hydrogens (tertiary/aromatic N) is 3. The average Bonchev–Trinajstić information content (AvgIpc) is 3.50. The van der Waals surface area contributed by atoms with Gasteiger partial charge in [0, 0.05) is 22.3 Å². The molecule has 4 nitrogen and oxygen atoms in total. The van der Waals surface area contributed by atoms with Gasteiger partial charge in [0.2, 0.25) is 5.89 Å². The maximum absolute atomic E-state index is 13.8. The van der Waals surface area contributed by atoms with E-state index in [0.717, 1.165) is 22.1 Å². The molecule has 0 aliphatic rings. The maximum Gasteiger partial charge on any atom is 0.417 e. The van der Waals surface area contributed by atoms with Crippen LogP contribution in [0.15, 0.2) is 94.6 Å². The van der Waals surface area contributed by atoms with E-state index in [-0.39, 0.29) is 17.3 Å². The molecule has 0 saturated carbocycles. The molecule has 0 aliphatic heterocycles. The fourth-order valence-electron chi connectivity index (χ4n) is 3.88. The van der Waals surface area contributed by atoms with Crippen LogP contribution in [0.2, 0.25) is 0 Å². The van der Waals surface area contributed by atoms with E-state index in [1.807, 2.05) is 48.7 Å². The van der Waals surface area contributed by atoms with Crippen molar-refractivity contribution >= 4 is 11.8 Å². The third-order valence-electron chi connectivity index (χ3n) is 5.57. The van der Waals surface area contributed by atoms with Crippen molar-refractivity contribution < 1.29 is 17.6 Å². The minimum absolute atomic E-state index is 0.0220. The molecule has 2 heterocycles. The number of halogens is 3. The molecule has 3 aromatic carbocycles. The second-order valence-electron chi connectivity index (χ2n) is 7.94. The Morgan fingerprint density at radius 2 is 1.66 bits per heavy atom. The molecule has 5 rings (SSSR count). The first-order chi connectivity index (χ1) is 16.8. The highest BCUT2D eigenvalue weighted by Crippen LogP contribution is 2.38. The van der Waals surface area contributed by atoms with Crippen molar-refractivity contribution in [1.29, 1.82) is 0 Å². The summed E-state index contributed by atoms with van der Waals surface area (Å²) in [6.07, 6.45) is 0.625. The second-order valence-corrected chi connectivity index (χ2v) is 8.82. The molecule has 35 heavy (non-hydrogen) atoms. The highest BCUT2D eigenvalue weighted by atomic mass is 32.2. The molecule has 5 aromatic rings. The summed E-state index contributed by atoms with van der Waals surface area (Å²) in [5.41, 5.74) is 2.96. The van der Waals surface area contributed by atoms with Gasteiger partial charge in [0.1, 0.15) is 17.8 Å². The van der Waals surface area contributed by atoms with Crippen LogP contribution < -0.4 is 0 Å². The maximum atomic E-state index is 13.8. The van der Waals surface area contributed by atoms with Gasteiger partial charge in [-0.1, -0.05) is 42.5 Å². The average molecular weight is 492 g/mol. The van der Waals surface area contributed by atoms with Gasteiger partial charge in [0.05, 0.1) is 11.3 Å². The van der Waals surface area contributed by atoms with Gasteiger partial charge in [0.15, 0.2) is 0 Å². The molecule has 0 saturated heterocycles. The van der Waals surface area contributed by atoms with Crippen molar-refractivity contribution in [3.8, 4) is 39.8 Å². The van der Waals surface area contributed by atoms with Crippen LogP contribution in [0.4, 0.5) is 13.2 Å². The number of alkyl halides is 3. The lowest BCUT2D eigenvalue weighted by molar-refractivity contribution is -0.137. The molecule has 0 atom stereocenters. The number of benzene rings is 3. The molecule has 0 N–H and O–H groups in total. The highest BCUT2D eigenvalue weighted by Gasteiger charge is 2.35. The van der Waals surface area contributed by atoms with Crippen molar-refractivity contribution in [2.24, 2.45) is 0 Å². The Bertz CT molecular complexity index is 1490. The number of oxazole rings is 1. The molecule has 176 valence electrons. The minimum atomic E-state index is -4.53. The summed E-state index contributed by atoms with van der Waals surface area (Å²) in [5, 5.41) is 0. The van der Waals surface area contributed by atoms with E-state index >= 15 is 0 Å². The standard InChI is InChI=1S/C27H20F3N3OS/c1-17-16-34-26(31-17)24-15-33(25(32-24)22-8-3-4-9-23(22)27(28,29)30)20-12-10-18(11-13-20)19-6-5-7-21(14-19)35-2/h3-16H,1-2H3. The van der Waals surface area contributed by atoms with E-state index in [9.17, 15) is 13.2 Å². The number of imidazole rings is 1. The van der Waals surface area contributed by atoms with Crippen molar-refractivity contribution in [3.63, 3.8) is 0 Å². The Labute approximate surface area is 204 Å². The third kappa shape index (κ3) is 4.61. The molecule has 0 unspecified atom stereocenters. The summed E-state index contributed by atoms with van der Waals surface area (Å²) in [6.45, 7) is 1.77. The van der Waals surface area contributed by atoms with E-state index in [4.69, 9.17) is 4.42 Å². The molecular weight excluding hydrogens is 471 g/mol. The molecular formula is C27H20F3N3OS. The first-order valence-electron chi connectivity index (χ1n) is 10.8. The van der Waals surface area contributed by atoms with Crippen LogP contribution in [0.3, 0.4) is 0 Å². The van der Waals surface area contributed by atoms with Crippen LogP contribution in [-0.4, -0.2) is 20.8 Å². The van der Waals surface area contributed by atoms with Crippen molar-refractivity contribution in [2.75, 3.05) is 6.26 Å². The normalized spacial score (nSPS) is 11.7. The van der Waals surface area contributed by atoms with Gasteiger partial charge in [-0.05, 0) is 54.6 Å². The van der Waals surface area contributed by atoms with Gasteiger partial charge >= 0.3 is 6.18 Å². The van der Waals surface area contributed by atoms with Gasteiger partial charge in [-0.2, -0.15) is 13.2 Å². The summed E-state index contributed by atoms with van der Waals surface area (Å²) in [4.78, 5) is 9.97. The summed E-state index contributed by atoms with van der Waals surface area (Å²) in [7, 11) is 0. The predicted octanol–water partition coefficient (Wildman–Crippen LogP) is 7.91. The molecule has 0 amide bonds. The van der Waals surface area contributed by atoms with Crippen LogP contribution in [0, 0.1) is 6.92 Å². The molecule has 8 heteroatoms. The van der Waals surface area contributed by atoms with E-state index in [0.29, 0.717) is 17.1 Å². The molecule has 0 radical (unpaired) electrons. The summed E-state index contributed by atoms with van der Waals surface area (Å²) >= 11 is 1.66. The van der Waals surface area contributed by atoms with Crippen LogP contribution in [0.1, 0.15) is 11.3 Å². The number of thioether (sulfide) groups is 1. The fraction of sp³-hybridized carbons (Fsp3) is 0.111. The number of aromatic nitrogens is 3. The first kappa shape index (κ1) is 23.0. The smallest absolute Gasteiger partial charge is 0.417 e. The molecule has 0 spiro atoms. The van der Waals surface area contributed by atoms with E-state index in [2.05, 4.69) is 16.0 Å². The van der Waals surface area contributed by atoms with Gasteiger partial charge in [-0.3, -0.25) is 4.57 Å². The Hall–Kier alpha value is -3.78. The van der Waals surface area contributed by atoms with Gasteiger partial charge in [-0.15, -0.1) is 11.8 Å². The lowest BCUT2D eigenvalue weighted by Crippen LogP contribution is -2.08. The molecule has 2 aromatic heterocycles. The summed E-state index contributed by atoms with van der Waals surface area (Å²) in [5.74, 6) is 0.401. The number of rotatable bonds is 5. The Balaban J connectivity index is 1.64. The Morgan fingerprint density at radius 1 is 0.886 bits per heavy atom. The minimum Gasteiger partial charge on any atom is -0.443 e. The van der Waals surface area contributed by atoms with Crippen molar-refractivity contribution in [2.45, 2.75) is 18.0 Å². The van der Waals surface area contributed by atoms with Crippen LogP contribution in [0.25, 0.3) is 39.8 Å². The zero-order valence-corrected chi connectivity index (χ0v) is 19.7. The topological polar surface area (TPSA) is 43.9 Å². The van der Waals surface area contributed by atoms with Crippen LogP contribution in [-0.2, 0) is 6.18 Å². The van der Waals surface area contributed by atoms with Crippen LogP contribution in [0.5, 0.6) is 0 Å². The van der Waals surface area contributed by atoms with Crippen LogP contribution >= 0.6 is 11.8 Å². The van der Waals surface area contributed by atoms with E-state index in [1.165, 1.54) is 18.4 Å². The SMILES string of the molecule is CSc1cccc(-c2ccc(-n3cc(-c4nc(C)co4)nc3-c3ccccc3C(F)(F)F)cc2)c1. The second kappa shape index (κ2) is 9.11. The molecule has 0 bridgehead atoms. The van der Waals surface area contributed by atoms with Gasteiger partial charge in [-0.25, -0.2) is 9.97 Å². The van der Waals surface area contributed by atoms with E-state index in [1.54, 1.807) is 35.5 Å². The number of aryl methyl sites for hydroxylation is 1. The summed E-state index contributed by atoms with van der Waals surface area (Å²) < 4.78 is 48.6. The van der Waals surface area contributed by atoms with Crippen molar-refractivity contribution in [1.82, 2.24) is 14.5 Å². The monoisotopic (exact) mass is 491 g/mol. The first-order valence-corrected chi connectivity index (χ1v) is 12.0. The lowest BCUT2D eigenvalue weighted by atomic mass is 10.0. The zero-order chi connectivity index (χ0) is 24.6. The molecule has 0 aliphatic carbocycles. The Kier molecular flexibility index (Phi) is 5.98. The zero-order valence-electron chi connectivity index (χ0n) is 18.9. The lowest BCUT2D eigenvalue weighted by Gasteiger charge is -2.14.